The Kier molecular flexibility index (Phi) is 4.46. The molecule has 16 heavy (non-hydrogen) atoms. The largest absolute Gasteiger partial charge is 0.475 e. The Morgan fingerprint density at radius 2 is 2.25 bits per heavy atom. The second-order valence-electron chi connectivity index (χ2n) is 3.17. The van der Waals surface area contributed by atoms with Crippen LogP contribution in [0.3, 0.4) is 0 Å². The molecular weight excluding hydrogens is 251 g/mol. The second-order valence-corrected chi connectivity index (χ2v) is 3.98. The molecule has 0 saturated heterocycles. The predicted octanol–water partition coefficient (Wildman–Crippen LogP) is 2.50. The quantitative estimate of drug-likeness (QED) is 0.925. The van der Waals surface area contributed by atoms with Gasteiger partial charge in [-0.25, -0.2) is 4.39 Å². The monoisotopic (exact) mass is 262 g/mol. The summed E-state index contributed by atoms with van der Waals surface area (Å²) in [7, 11) is 0. The Labute approximate surface area is 103 Å². The molecule has 1 aromatic carbocycles. The maximum Gasteiger partial charge on any atom is 0.233 e. The van der Waals surface area contributed by atoms with Crippen LogP contribution in [0.5, 0.6) is 5.88 Å². The van der Waals surface area contributed by atoms with E-state index in [-0.39, 0.29) is 18.2 Å². The summed E-state index contributed by atoms with van der Waals surface area (Å²) in [6.45, 7) is 2.55. The highest BCUT2D eigenvalue weighted by molar-refractivity contribution is 7.13. The van der Waals surface area contributed by atoms with Crippen LogP contribution in [-0.2, 0) is 0 Å². The topological polar surface area (TPSA) is 48.1 Å². The maximum absolute atomic E-state index is 13.3. The third-order valence-electron chi connectivity index (χ3n) is 2.16. The number of ether oxygens (including phenoxy) is 1. The fourth-order valence-electron chi connectivity index (χ4n) is 1.39. The summed E-state index contributed by atoms with van der Waals surface area (Å²) in [5, 5.41) is 0.758. The number of aryl methyl sites for hydroxylation is 1. The van der Waals surface area contributed by atoms with E-state index in [0.717, 1.165) is 10.1 Å². The molecule has 1 heterocycles. The first kappa shape index (κ1) is 13.2. The molecule has 0 spiro atoms. The Morgan fingerprint density at radius 1 is 1.50 bits per heavy atom. The van der Waals surface area contributed by atoms with E-state index >= 15 is 0 Å². The van der Waals surface area contributed by atoms with Crippen molar-refractivity contribution in [3.63, 3.8) is 0 Å². The minimum atomic E-state index is -0.236. The Hall–Kier alpha value is -0.910. The summed E-state index contributed by atoms with van der Waals surface area (Å²) in [5.74, 6) is 0.248. The van der Waals surface area contributed by atoms with E-state index in [1.807, 2.05) is 0 Å². The lowest BCUT2D eigenvalue weighted by atomic mass is 10.1. The van der Waals surface area contributed by atoms with Gasteiger partial charge in [-0.1, -0.05) is 0 Å². The van der Waals surface area contributed by atoms with Crippen molar-refractivity contribution in [3.05, 3.63) is 23.5 Å². The lowest BCUT2D eigenvalue weighted by Gasteiger charge is -2.03. The van der Waals surface area contributed by atoms with E-state index in [0.29, 0.717) is 24.6 Å². The van der Waals surface area contributed by atoms with E-state index in [1.165, 1.54) is 17.6 Å². The highest BCUT2D eigenvalue weighted by Gasteiger charge is 2.12. The van der Waals surface area contributed by atoms with Gasteiger partial charge in [-0.05, 0) is 36.2 Å². The lowest BCUT2D eigenvalue weighted by Crippen LogP contribution is -2.10. The van der Waals surface area contributed by atoms with Gasteiger partial charge in [0, 0.05) is 6.54 Å². The van der Waals surface area contributed by atoms with Crippen LogP contribution in [0, 0.1) is 12.7 Å². The zero-order valence-electron chi connectivity index (χ0n) is 8.70. The summed E-state index contributed by atoms with van der Waals surface area (Å²) in [6.07, 6.45) is 0. The number of hydrogen-bond acceptors (Lipinski definition) is 4. The summed E-state index contributed by atoms with van der Waals surface area (Å²) in [6, 6.07) is 3.16. The molecule has 0 saturated carbocycles. The van der Waals surface area contributed by atoms with E-state index in [2.05, 4.69) is 4.37 Å². The molecule has 88 valence electrons. The van der Waals surface area contributed by atoms with Gasteiger partial charge in [-0.3, -0.25) is 0 Å². The fourth-order valence-corrected chi connectivity index (χ4v) is 2.18. The first-order valence-electron chi connectivity index (χ1n) is 4.61. The highest BCUT2D eigenvalue weighted by atomic mass is 35.5. The average molecular weight is 263 g/mol. The molecule has 0 radical (unpaired) electrons. The van der Waals surface area contributed by atoms with Gasteiger partial charge in [0.2, 0.25) is 5.88 Å². The molecule has 0 aliphatic heterocycles. The van der Waals surface area contributed by atoms with Crippen molar-refractivity contribution in [1.29, 1.82) is 0 Å². The SMILES string of the molecule is Cc1c(F)ccc2snc(OCCN)c12.Cl. The van der Waals surface area contributed by atoms with E-state index in [9.17, 15) is 4.39 Å². The highest BCUT2D eigenvalue weighted by Crippen LogP contribution is 2.32. The number of benzene rings is 1. The zero-order valence-corrected chi connectivity index (χ0v) is 10.3. The maximum atomic E-state index is 13.3. The van der Waals surface area contributed by atoms with Crippen molar-refractivity contribution in [3.8, 4) is 5.88 Å². The van der Waals surface area contributed by atoms with Gasteiger partial charge in [0.15, 0.2) is 0 Å². The van der Waals surface area contributed by atoms with Crippen molar-refractivity contribution < 1.29 is 9.13 Å². The second kappa shape index (κ2) is 5.43. The zero-order chi connectivity index (χ0) is 10.8. The minimum Gasteiger partial charge on any atom is -0.475 e. The average Bonchev–Trinajstić information content (AvgIpc) is 2.64. The normalized spacial score (nSPS) is 10.2. The van der Waals surface area contributed by atoms with E-state index < -0.39 is 0 Å². The summed E-state index contributed by atoms with van der Waals surface area (Å²) >= 11 is 1.30. The van der Waals surface area contributed by atoms with Crippen molar-refractivity contribution >= 4 is 34.0 Å². The molecular formula is C10H12ClFN2OS. The molecule has 2 N–H and O–H groups in total. The summed E-state index contributed by atoms with van der Waals surface area (Å²) < 4.78 is 23.7. The molecule has 6 heteroatoms. The first-order chi connectivity index (χ1) is 7.24. The molecule has 0 atom stereocenters. The minimum absolute atomic E-state index is 0. The summed E-state index contributed by atoms with van der Waals surface area (Å²) in [4.78, 5) is 0. The Morgan fingerprint density at radius 3 is 2.94 bits per heavy atom. The molecule has 0 aliphatic carbocycles. The number of fused-ring (bicyclic) bond motifs is 1. The molecule has 1 aromatic heterocycles. The molecule has 2 aromatic rings. The number of nitrogens with two attached hydrogens (primary N) is 1. The van der Waals surface area contributed by atoms with E-state index in [4.69, 9.17) is 10.5 Å². The molecule has 0 unspecified atom stereocenters. The molecule has 0 amide bonds. The third-order valence-corrected chi connectivity index (χ3v) is 2.95. The number of halogens is 2. The third kappa shape index (κ3) is 2.26. The van der Waals surface area contributed by atoms with Gasteiger partial charge < -0.3 is 10.5 Å². The molecule has 0 aliphatic rings. The molecule has 0 fully saturated rings. The van der Waals surface area contributed by atoms with Crippen molar-refractivity contribution in [1.82, 2.24) is 4.37 Å². The number of hydrogen-bond donors (Lipinski definition) is 1. The number of aromatic nitrogens is 1. The van der Waals surface area contributed by atoms with Crippen molar-refractivity contribution in [2.75, 3.05) is 13.2 Å². The molecule has 3 nitrogen and oxygen atoms in total. The molecule has 2 rings (SSSR count). The first-order valence-corrected chi connectivity index (χ1v) is 5.38. The van der Waals surface area contributed by atoms with Gasteiger partial charge in [-0.2, -0.15) is 4.37 Å². The van der Waals surface area contributed by atoms with Crippen molar-refractivity contribution in [2.45, 2.75) is 6.92 Å². The van der Waals surface area contributed by atoms with Crippen LogP contribution in [0.2, 0.25) is 0 Å². The fraction of sp³-hybridized carbons (Fsp3) is 0.300. The van der Waals surface area contributed by atoms with Crippen LogP contribution in [-0.4, -0.2) is 17.5 Å². The van der Waals surface area contributed by atoms with Gasteiger partial charge >= 0.3 is 0 Å². The van der Waals surface area contributed by atoms with Crippen LogP contribution < -0.4 is 10.5 Å². The molecule has 0 bridgehead atoms. The van der Waals surface area contributed by atoms with E-state index in [1.54, 1.807) is 13.0 Å². The summed E-state index contributed by atoms with van der Waals surface area (Å²) in [5.41, 5.74) is 5.91. The van der Waals surface area contributed by atoms with Crippen molar-refractivity contribution in [2.24, 2.45) is 5.73 Å². The van der Waals surface area contributed by atoms with Crippen LogP contribution in [0.4, 0.5) is 4.39 Å². The Bertz CT molecular complexity index is 489. The van der Waals surface area contributed by atoms with Crippen LogP contribution in [0.1, 0.15) is 5.56 Å². The van der Waals surface area contributed by atoms with Gasteiger partial charge in [0.05, 0.1) is 10.1 Å². The standard InChI is InChI=1S/C10H11FN2OS.ClH/c1-6-7(11)2-3-8-9(6)10(13-15-8)14-5-4-12;/h2-3H,4-5,12H2,1H3;1H. The van der Waals surface area contributed by atoms with Crippen LogP contribution in [0.25, 0.3) is 10.1 Å². The lowest BCUT2D eigenvalue weighted by molar-refractivity contribution is 0.322. The van der Waals surface area contributed by atoms with Gasteiger partial charge in [-0.15, -0.1) is 12.4 Å². The van der Waals surface area contributed by atoms with Gasteiger partial charge in [0.25, 0.3) is 0 Å². The van der Waals surface area contributed by atoms with Crippen LogP contribution >= 0.6 is 23.9 Å². The predicted molar refractivity (Wildman–Crippen MR) is 66.1 cm³/mol. The number of nitrogens with zero attached hydrogens (tertiary/aromatic N) is 1. The Balaban J connectivity index is 0.00000128. The van der Waals surface area contributed by atoms with Gasteiger partial charge in [0.1, 0.15) is 12.4 Å². The number of rotatable bonds is 3. The van der Waals surface area contributed by atoms with Crippen LogP contribution in [0.15, 0.2) is 12.1 Å². The smallest absolute Gasteiger partial charge is 0.233 e.